The molecular formula is C13H11ClO4S. The van der Waals surface area contributed by atoms with Crippen LogP contribution >= 0.6 is 11.6 Å². The second kappa shape index (κ2) is 5.59. The van der Waals surface area contributed by atoms with E-state index in [1.807, 2.05) is 0 Å². The first-order valence-corrected chi connectivity index (χ1v) is 7.13. The number of furan rings is 1. The first-order chi connectivity index (χ1) is 8.97. The highest BCUT2D eigenvalue weighted by atomic mass is 35.5. The average molecular weight is 299 g/mol. The van der Waals surface area contributed by atoms with Gasteiger partial charge < -0.3 is 9.52 Å². The molecule has 1 heterocycles. The quantitative estimate of drug-likeness (QED) is 0.941. The van der Waals surface area contributed by atoms with E-state index in [1.54, 1.807) is 31.2 Å². The Labute approximate surface area is 117 Å². The molecule has 0 saturated carbocycles. The Morgan fingerprint density at radius 1 is 1.42 bits per heavy atom. The molecule has 2 aromatic rings. The first kappa shape index (κ1) is 13.8. The summed E-state index contributed by atoms with van der Waals surface area (Å²) in [6, 6.07) is 8.18. The van der Waals surface area contributed by atoms with Gasteiger partial charge in [-0.1, -0.05) is 17.7 Å². The van der Waals surface area contributed by atoms with Crippen LogP contribution in [0.4, 0.5) is 0 Å². The lowest BCUT2D eigenvalue weighted by Gasteiger charge is -2.01. The highest BCUT2D eigenvalue weighted by Gasteiger charge is 2.15. The number of carbonyl (C=O) groups is 1. The molecule has 0 saturated heterocycles. The molecule has 0 amide bonds. The van der Waals surface area contributed by atoms with Crippen LogP contribution in [-0.2, 0) is 16.6 Å². The fourth-order valence-electron chi connectivity index (χ4n) is 1.60. The summed E-state index contributed by atoms with van der Waals surface area (Å²) < 4.78 is 17.2. The van der Waals surface area contributed by atoms with Crippen LogP contribution in [0.5, 0.6) is 0 Å². The summed E-state index contributed by atoms with van der Waals surface area (Å²) in [6.07, 6.45) is 0. The van der Waals surface area contributed by atoms with Crippen LogP contribution in [-0.4, -0.2) is 15.3 Å². The molecule has 0 radical (unpaired) electrons. The highest BCUT2D eigenvalue weighted by Crippen LogP contribution is 2.21. The Bertz CT molecular complexity index is 648. The number of halogens is 1. The van der Waals surface area contributed by atoms with Crippen molar-refractivity contribution < 1.29 is 18.5 Å². The average Bonchev–Trinajstić information content (AvgIpc) is 2.71. The van der Waals surface area contributed by atoms with Crippen LogP contribution in [0.15, 0.2) is 39.6 Å². The van der Waals surface area contributed by atoms with Crippen LogP contribution in [0.3, 0.4) is 0 Å². The van der Waals surface area contributed by atoms with Gasteiger partial charge in [0.1, 0.15) is 5.76 Å². The van der Waals surface area contributed by atoms with E-state index in [2.05, 4.69) is 0 Å². The predicted molar refractivity (Wildman–Crippen MR) is 72.0 cm³/mol. The molecule has 0 fully saturated rings. The number of hydrogen-bond donors (Lipinski definition) is 1. The lowest BCUT2D eigenvalue weighted by atomic mass is 10.3. The largest absolute Gasteiger partial charge is 0.475 e. The van der Waals surface area contributed by atoms with Crippen LogP contribution in [0.2, 0.25) is 5.02 Å². The molecule has 19 heavy (non-hydrogen) atoms. The minimum absolute atomic E-state index is 0.143. The van der Waals surface area contributed by atoms with E-state index in [0.717, 1.165) is 0 Å². The van der Waals surface area contributed by atoms with E-state index in [-0.39, 0.29) is 11.5 Å². The van der Waals surface area contributed by atoms with Crippen molar-refractivity contribution in [1.82, 2.24) is 0 Å². The number of aromatic carboxylic acids is 1. The number of rotatable bonds is 4. The number of aryl methyl sites for hydroxylation is 1. The summed E-state index contributed by atoms with van der Waals surface area (Å²) in [5.74, 6) is -0.616. The summed E-state index contributed by atoms with van der Waals surface area (Å²) in [5, 5.41) is 9.34. The Hall–Kier alpha value is -1.59. The molecule has 0 bridgehead atoms. The van der Waals surface area contributed by atoms with Crippen LogP contribution in [0.1, 0.15) is 21.9 Å². The van der Waals surface area contributed by atoms with Gasteiger partial charge in [-0.05, 0) is 31.2 Å². The zero-order valence-electron chi connectivity index (χ0n) is 10.1. The molecule has 0 spiro atoms. The Balaban J connectivity index is 2.21. The van der Waals surface area contributed by atoms with Gasteiger partial charge in [0.2, 0.25) is 5.76 Å². The van der Waals surface area contributed by atoms with Crippen molar-refractivity contribution in [2.45, 2.75) is 17.6 Å². The third-order valence-corrected chi connectivity index (χ3v) is 4.16. The van der Waals surface area contributed by atoms with Crippen molar-refractivity contribution in [2.24, 2.45) is 0 Å². The van der Waals surface area contributed by atoms with Gasteiger partial charge in [0.15, 0.2) is 0 Å². The van der Waals surface area contributed by atoms with Gasteiger partial charge in [0.05, 0.1) is 16.6 Å². The number of carboxylic acids is 1. The van der Waals surface area contributed by atoms with Crippen molar-refractivity contribution in [3.8, 4) is 0 Å². The molecule has 1 aromatic heterocycles. The molecule has 1 N–H and O–H groups in total. The Kier molecular flexibility index (Phi) is 4.07. The van der Waals surface area contributed by atoms with E-state index in [9.17, 15) is 9.00 Å². The molecule has 0 aliphatic heterocycles. The maximum absolute atomic E-state index is 12.2. The van der Waals surface area contributed by atoms with Crippen molar-refractivity contribution in [1.29, 1.82) is 0 Å². The van der Waals surface area contributed by atoms with Crippen molar-refractivity contribution >= 4 is 28.4 Å². The van der Waals surface area contributed by atoms with Gasteiger partial charge >= 0.3 is 5.97 Å². The fraction of sp³-hybridized carbons (Fsp3) is 0.154. The third kappa shape index (κ3) is 3.24. The SMILES string of the molecule is Cc1oc(C(=O)O)cc1CS(=O)c1cccc(Cl)c1. The zero-order valence-corrected chi connectivity index (χ0v) is 11.6. The predicted octanol–water partition coefficient (Wildman–Crippen LogP) is 3.25. The van der Waals surface area contributed by atoms with Crippen molar-refractivity contribution in [3.05, 3.63) is 52.4 Å². The van der Waals surface area contributed by atoms with Crippen LogP contribution in [0.25, 0.3) is 0 Å². The van der Waals surface area contributed by atoms with E-state index in [1.165, 1.54) is 6.07 Å². The molecular weight excluding hydrogens is 288 g/mol. The maximum Gasteiger partial charge on any atom is 0.371 e. The monoisotopic (exact) mass is 298 g/mol. The molecule has 1 atom stereocenters. The van der Waals surface area contributed by atoms with E-state index < -0.39 is 16.8 Å². The minimum Gasteiger partial charge on any atom is -0.475 e. The van der Waals surface area contributed by atoms with Gasteiger partial charge in [-0.3, -0.25) is 4.21 Å². The summed E-state index contributed by atoms with van der Waals surface area (Å²) in [4.78, 5) is 11.4. The molecule has 1 unspecified atom stereocenters. The normalized spacial score (nSPS) is 12.3. The molecule has 2 rings (SSSR count). The minimum atomic E-state index is -1.29. The van der Waals surface area contributed by atoms with Crippen LogP contribution in [0, 0.1) is 6.92 Å². The van der Waals surface area contributed by atoms with E-state index >= 15 is 0 Å². The zero-order chi connectivity index (χ0) is 14.0. The molecule has 4 nitrogen and oxygen atoms in total. The topological polar surface area (TPSA) is 67.5 Å². The van der Waals surface area contributed by atoms with Gasteiger partial charge in [-0.15, -0.1) is 0 Å². The fourth-order valence-corrected chi connectivity index (χ4v) is 3.08. The second-order valence-electron chi connectivity index (χ2n) is 3.94. The summed E-state index contributed by atoms with van der Waals surface area (Å²) in [5.41, 5.74) is 0.621. The third-order valence-electron chi connectivity index (χ3n) is 2.58. The molecule has 0 aliphatic rings. The van der Waals surface area contributed by atoms with Crippen molar-refractivity contribution in [2.75, 3.05) is 0 Å². The highest BCUT2D eigenvalue weighted by molar-refractivity contribution is 7.84. The summed E-state index contributed by atoms with van der Waals surface area (Å²) in [7, 11) is -1.29. The van der Waals surface area contributed by atoms with Crippen LogP contribution < -0.4 is 0 Å². The Morgan fingerprint density at radius 2 is 2.16 bits per heavy atom. The second-order valence-corrected chi connectivity index (χ2v) is 5.83. The van der Waals surface area contributed by atoms with E-state index in [4.69, 9.17) is 21.1 Å². The van der Waals surface area contributed by atoms with Gasteiger partial charge in [0.25, 0.3) is 0 Å². The summed E-state index contributed by atoms with van der Waals surface area (Å²) >= 11 is 5.84. The number of carboxylic acid groups (broad SMARTS) is 1. The number of hydrogen-bond acceptors (Lipinski definition) is 3. The Morgan fingerprint density at radius 3 is 2.74 bits per heavy atom. The van der Waals surface area contributed by atoms with Gasteiger partial charge in [-0.2, -0.15) is 0 Å². The molecule has 1 aromatic carbocycles. The lowest BCUT2D eigenvalue weighted by Crippen LogP contribution is -1.97. The van der Waals surface area contributed by atoms with E-state index in [0.29, 0.717) is 21.2 Å². The lowest BCUT2D eigenvalue weighted by molar-refractivity contribution is 0.0661. The standard InChI is InChI=1S/C13H11ClO4S/c1-8-9(5-12(18-8)13(15)16)7-19(17)11-4-2-3-10(14)6-11/h2-6H,7H2,1H3,(H,15,16). The number of benzene rings is 1. The first-order valence-electron chi connectivity index (χ1n) is 5.44. The summed E-state index contributed by atoms with van der Waals surface area (Å²) in [6.45, 7) is 1.65. The smallest absolute Gasteiger partial charge is 0.371 e. The molecule has 6 heteroatoms. The van der Waals surface area contributed by atoms with Gasteiger partial charge in [0, 0.05) is 15.5 Å². The maximum atomic E-state index is 12.2. The van der Waals surface area contributed by atoms with Crippen molar-refractivity contribution in [3.63, 3.8) is 0 Å². The van der Waals surface area contributed by atoms with Gasteiger partial charge in [-0.25, -0.2) is 4.79 Å². The molecule has 0 aliphatic carbocycles. The molecule has 100 valence electrons.